The molecular weight excluding hydrogens is 327 g/mol. The Morgan fingerprint density at radius 3 is 2.38 bits per heavy atom. The molecule has 1 aliphatic rings. The first-order valence-corrected chi connectivity index (χ1v) is 8.73. The largest absolute Gasteiger partial charge is 0.722 e. The van der Waals surface area contributed by atoms with Crippen molar-refractivity contribution in [1.29, 1.82) is 0 Å². The van der Waals surface area contributed by atoms with E-state index in [4.69, 9.17) is 13.0 Å². The van der Waals surface area contributed by atoms with Crippen molar-refractivity contribution in [3.05, 3.63) is 88.8 Å². The Bertz CT molecular complexity index is 1000. The lowest BCUT2D eigenvalue weighted by atomic mass is 9.82. The van der Waals surface area contributed by atoms with Gasteiger partial charge in [0.25, 0.3) is 10.5 Å². The zero-order valence-corrected chi connectivity index (χ0v) is 13.8. The second kappa shape index (κ2) is 6.26. The van der Waals surface area contributed by atoms with Gasteiger partial charge in [-0.2, -0.15) is 0 Å². The molecule has 0 bridgehead atoms. The Morgan fingerprint density at radius 2 is 1.62 bits per heavy atom. The van der Waals surface area contributed by atoms with Crippen LogP contribution in [0.25, 0.3) is 10.8 Å². The maximum absolute atomic E-state index is 10.1. The van der Waals surface area contributed by atoms with Crippen LogP contribution in [0.15, 0.2) is 54.6 Å². The summed E-state index contributed by atoms with van der Waals surface area (Å²) < 4.78 is 35.3. The molecule has 5 heteroatoms. The third kappa shape index (κ3) is 3.58. The van der Waals surface area contributed by atoms with E-state index in [1.165, 1.54) is 38.6 Å². The molecule has 0 N–H and O–H groups in total. The van der Waals surface area contributed by atoms with Gasteiger partial charge in [0.1, 0.15) is 0 Å². The van der Waals surface area contributed by atoms with E-state index in [1.807, 2.05) is 0 Å². The lowest BCUT2D eigenvalue weighted by molar-refractivity contribution is 0.417. The fourth-order valence-electron chi connectivity index (χ4n) is 3.13. The van der Waals surface area contributed by atoms with Crippen LogP contribution in [0.2, 0.25) is 0 Å². The highest BCUT2D eigenvalue weighted by Gasteiger charge is 2.24. The second-order valence-corrected chi connectivity index (χ2v) is 6.50. The minimum atomic E-state index is -5.42. The molecule has 0 radical (unpaired) electrons. The highest BCUT2D eigenvalue weighted by molar-refractivity contribution is 7.80. The molecule has 24 heavy (non-hydrogen) atoms. The van der Waals surface area contributed by atoms with Gasteiger partial charge >= 0.3 is 0 Å². The van der Waals surface area contributed by atoms with Crippen LogP contribution in [-0.2, 0) is 16.9 Å². The molecule has 122 valence electrons. The molecule has 0 unspecified atom stereocenters. The van der Waals surface area contributed by atoms with Crippen molar-refractivity contribution in [1.82, 2.24) is 0 Å². The van der Waals surface area contributed by atoms with Gasteiger partial charge in [-0.1, -0.05) is 18.2 Å². The molecule has 0 saturated carbocycles. The van der Waals surface area contributed by atoms with Gasteiger partial charge in [0.05, 0.1) is 17.5 Å². The van der Waals surface area contributed by atoms with Crippen LogP contribution in [0, 0.1) is 13.3 Å². The van der Waals surface area contributed by atoms with Crippen molar-refractivity contribution in [3.63, 3.8) is 0 Å². The number of hydrogen-bond donors (Lipinski definition) is 0. The van der Waals surface area contributed by atoms with E-state index in [1.54, 1.807) is 0 Å². The molecule has 0 spiro atoms. The lowest BCUT2D eigenvalue weighted by Gasteiger charge is -2.16. The number of rotatable bonds is 0. The van der Waals surface area contributed by atoms with Crippen LogP contribution in [0.4, 0.5) is 3.89 Å². The van der Waals surface area contributed by atoms with E-state index in [-0.39, 0.29) is 0 Å². The van der Waals surface area contributed by atoms with Gasteiger partial charge in [-0.05, 0) is 42.1 Å². The van der Waals surface area contributed by atoms with Gasteiger partial charge in [-0.3, -0.25) is 0 Å². The number of fused-ring (bicyclic) bond motifs is 4. The monoisotopic (exact) mass is 342 g/mol. The van der Waals surface area contributed by atoms with Crippen LogP contribution in [0.5, 0.6) is 0 Å². The predicted molar refractivity (Wildman–Crippen MR) is 91.2 cm³/mol. The van der Waals surface area contributed by atoms with Crippen LogP contribution in [0.3, 0.4) is 0 Å². The van der Waals surface area contributed by atoms with Crippen LogP contribution >= 0.6 is 0 Å². The third-order valence-electron chi connectivity index (χ3n) is 4.19. The summed E-state index contributed by atoms with van der Waals surface area (Å²) in [4.78, 5) is 0. The van der Waals surface area contributed by atoms with E-state index in [0.29, 0.717) is 0 Å². The molecule has 3 aromatic carbocycles. The Hall–Kier alpha value is -2.37. The Balaban J connectivity index is 0.000000300. The molecule has 0 amide bonds. The summed E-state index contributed by atoms with van der Waals surface area (Å²) in [5, 5.41) is 2.73. The lowest BCUT2D eigenvalue weighted by Crippen LogP contribution is -2.07. The van der Waals surface area contributed by atoms with Gasteiger partial charge in [0.2, 0.25) is 0 Å². The molecule has 0 heterocycles. The SMILES string of the molecule is Cc1cccc2c1Cc1c(ccc3ccccc13)[CH+]2.O=S(=O)([O-])F. The van der Waals surface area contributed by atoms with E-state index < -0.39 is 10.5 Å². The number of aryl methyl sites for hydroxylation is 1. The average Bonchev–Trinajstić information content (AvgIpc) is 2.52. The van der Waals surface area contributed by atoms with Gasteiger partial charge in [-0.15, -0.1) is 3.89 Å². The zero-order valence-electron chi connectivity index (χ0n) is 13.0. The summed E-state index contributed by atoms with van der Waals surface area (Å²) in [5.74, 6) is 0. The van der Waals surface area contributed by atoms with E-state index in [2.05, 4.69) is 67.9 Å². The molecule has 1 aliphatic carbocycles. The Labute approximate surface area is 140 Å². The molecule has 0 saturated heterocycles. The fourth-order valence-corrected chi connectivity index (χ4v) is 3.13. The minimum Gasteiger partial charge on any atom is -0.722 e. The first-order chi connectivity index (χ1) is 11.3. The fraction of sp³-hybridized carbons (Fsp3) is 0.105. The highest BCUT2D eigenvalue weighted by atomic mass is 32.3. The van der Waals surface area contributed by atoms with Gasteiger partial charge < -0.3 is 4.55 Å². The summed E-state index contributed by atoms with van der Waals surface area (Å²) in [6, 6.07) is 19.7. The summed E-state index contributed by atoms with van der Waals surface area (Å²) >= 11 is 0. The smallest absolute Gasteiger partial charge is 0.255 e. The standard InChI is InChI=1S/C19H15.FHO3S/c1-13-5-4-7-15-11-16-10-9-14-6-2-3-8-17(14)19(16)12-18(13)15;1-5(2,3)4/h2-11H,12H2,1H3;(H,2,3,4)/q+1;/p-1. The van der Waals surface area contributed by atoms with Crippen molar-refractivity contribution < 1.29 is 16.9 Å². The molecule has 0 fully saturated rings. The van der Waals surface area contributed by atoms with Crippen LogP contribution in [0.1, 0.15) is 27.8 Å². The average molecular weight is 342 g/mol. The molecule has 0 aromatic heterocycles. The highest BCUT2D eigenvalue weighted by Crippen LogP contribution is 2.34. The van der Waals surface area contributed by atoms with Crippen molar-refractivity contribution in [2.75, 3.05) is 0 Å². The summed E-state index contributed by atoms with van der Waals surface area (Å²) in [6.45, 7) is 2.21. The first-order valence-electron chi connectivity index (χ1n) is 7.42. The Kier molecular flexibility index (Phi) is 4.30. The second-order valence-electron chi connectivity index (χ2n) is 5.71. The summed E-state index contributed by atoms with van der Waals surface area (Å²) in [7, 11) is -5.42. The quantitative estimate of drug-likeness (QED) is 0.275. The maximum Gasteiger partial charge on any atom is 0.255 e. The first kappa shape index (κ1) is 16.5. The van der Waals surface area contributed by atoms with Gasteiger partial charge in [0, 0.05) is 35.1 Å². The number of halogens is 1. The molecular formula is C19H15FO3S. The summed E-state index contributed by atoms with van der Waals surface area (Å²) in [5.41, 5.74) is 7.10. The number of benzene rings is 3. The van der Waals surface area contributed by atoms with Crippen molar-refractivity contribution >= 4 is 21.3 Å². The van der Waals surface area contributed by atoms with E-state index >= 15 is 0 Å². The van der Waals surface area contributed by atoms with Crippen LogP contribution < -0.4 is 0 Å². The zero-order chi connectivity index (χ0) is 17.3. The van der Waals surface area contributed by atoms with Crippen molar-refractivity contribution in [3.8, 4) is 0 Å². The molecule has 4 rings (SSSR count). The van der Waals surface area contributed by atoms with Gasteiger partial charge in [0.15, 0.2) is 0 Å². The van der Waals surface area contributed by atoms with Crippen molar-refractivity contribution in [2.24, 2.45) is 0 Å². The van der Waals surface area contributed by atoms with Crippen LogP contribution in [-0.4, -0.2) is 13.0 Å². The van der Waals surface area contributed by atoms with Gasteiger partial charge in [-0.25, -0.2) is 8.42 Å². The summed E-state index contributed by atoms with van der Waals surface area (Å²) in [6.07, 6.45) is 3.38. The molecule has 3 aromatic rings. The minimum absolute atomic E-state index is 1.05. The topological polar surface area (TPSA) is 57.2 Å². The maximum atomic E-state index is 10.1. The Morgan fingerprint density at radius 1 is 0.958 bits per heavy atom. The third-order valence-corrected chi connectivity index (χ3v) is 4.19. The number of hydrogen-bond acceptors (Lipinski definition) is 3. The molecule has 0 aliphatic heterocycles. The molecule has 3 nitrogen and oxygen atoms in total. The molecule has 0 atom stereocenters. The predicted octanol–water partition coefficient (Wildman–Crippen LogP) is 4.07. The van der Waals surface area contributed by atoms with E-state index in [9.17, 15) is 3.89 Å². The van der Waals surface area contributed by atoms with E-state index in [0.717, 1.165) is 6.42 Å². The van der Waals surface area contributed by atoms with Crippen molar-refractivity contribution in [2.45, 2.75) is 13.3 Å². The normalized spacial score (nSPS) is 12.5.